The molecule has 2 aliphatic heterocycles. The molecule has 2 aliphatic rings. The van der Waals surface area contributed by atoms with Crippen LogP contribution in [-0.4, -0.2) is 27.7 Å². The zero-order valence-electron chi connectivity index (χ0n) is 13.1. The summed E-state index contributed by atoms with van der Waals surface area (Å²) in [6.07, 6.45) is 1.12. The van der Waals surface area contributed by atoms with Crippen molar-refractivity contribution in [3.8, 4) is 0 Å². The van der Waals surface area contributed by atoms with Crippen molar-refractivity contribution in [3.05, 3.63) is 63.5 Å². The van der Waals surface area contributed by atoms with Gasteiger partial charge in [0.2, 0.25) is 0 Å². The van der Waals surface area contributed by atoms with Crippen LogP contribution in [0.25, 0.3) is 0 Å². The van der Waals surface area contributed by atoms with Crippen LogP contribution in [0.15, 0.2) is 47.3 Å². The maximum atomic E-state index is 12.1. The molecule has 2 bridgehead atoms. The van der Waals surface area contributed by atoms with Crippen molar-refractivity contribution in [1.29, 1.82) is 0 Å². The predicted octanol–water partition coefficient (Wildman–Crippen LogP) is 3.32. The summed E-state index contributed by atoms with van der Waals surface area (Å²) in [6, 6.07) is 13.1. The van der Waals surface area contributed by atoms with Crippen molar-refractivity contribution < 1.29 is 0 Å². The minimum absolute atomic E-state index is 0.107. The predicted molar refractivity (Wildman–Crippen MR) is 101 cm³/mol. The smallest absolute Gasteiger partial charge is 0.250 e. The van der Waals surface area contributed by atoms with Crippen LogP contribution in [0.4, 0.5) is 5.69 Å². The van der Waals surface area contributed by atoms with Gasteiger partial charge in [-0.25, -0.2) is 0 Å². The second-order valence-corrected chi connectivity index (χ2v) is 7.37. The Kier molecular flexibility index (Phi) is 4.06. The summed E-state index contributed by atoms with van der Waals surface area (Å²) in [7, 11) is 0. The minimum atomic E-state index is 0.107. The second kappa shape index (κ2) is 6.22. The summed E-state index contributed by atoms with van der Waals surface area (Å²) in [5.74, 6) is 0.806. The Morgan fingerprint density at radius 3 is 2.83 bits per heavy atom. The number of anilines is 1. The third kappa shape index (κ3) is 2.94. The molecule has 1 N–H and O–H groups in total. The van der Waals surface area contributed by atoms with Crippen molar-refractivity contribution in [1.82, 2.24) is 9.47 Å². The fourth-order valence-electron chi connectivity index (χ4n) is 3.83. The Bertz CT molecular complexity index is 850. The molecule has 1 aromatic carbocycles. The van der Waals surface area contributed by atoms with Gasteiger partial charge < -0.3 is 14.8 Å². The molecule has 1 fully saturated rings. The average Bonchev–Trinajstić information content (AvgIpc) is 2.56. The van der Waals surface area contributed by atoms with E-state index in [1.165, 1.54) is 0 Å². The molecular formula is C18H18ClN3OS. The van der Waals surface area contributed by atoms with Gasteiger partial charge in [0.1, 0.15) is 0 Å². The monoisotopic (exact) mass is 359 g/mol. The molecule has 0 aliphatic carbocycles. The zero-order chi connectivity index (χ0) is 16.7. The van der Waals surface area contributed by atoms with E-state index >= 15 is 0 Å². The standard InChI is InChI=1S/C18H18ClN3OS/c19-14-3-1-4-15(8-14)20-18(24)21-9-12-7-13(11-21)16-5-2-6-17(23)22(16)10-12/h1-6,8,12-13H,7,9-11H2,(H,20,24)/t12-,13+/m1/s1. The van der Waals surface area contributed by atoms with Crippen LogP contribution >= 0.6 is 23.8 Å². The van der Waals surface area contributed by atoms with E-state index < -0.39 is 0 Å². The summed E-state index contributed by atoms with van der Waals surface area (Å²) in [5, 5.41) is 4.69. The molecular weight excluding hydrogens is 342 g/mol. The van der Waals surface area contributed by atoms with Crippen LogP contribution in [0, 0.1) is 5.92 Å². The van der Waals surface area contributed by atoms with Crippen molar-refractivity contribution >= 4 is 34.6 Å². The lowest BCUT2D eigenvalue weighted by Crippen LogP contribution is -2.50. The number of rotatable bonds is 1. The third-order valence-electron chi connectivity index (χ3n) is 4.84. The van der Waals surface area contributed by atoms with E-state index in [1.54, 1.807) is 6.07 Å². The number of nitrogens with zero attached hydrogens (tertiary/aromatic N) is 2. The number of likely N-dealkylation sites (tertiary alicyclic amines) is 1. The molecule has 1 aromatic heterocycles. The molecule has 4 nitrogen and oxygen atoms in total. The van der Waals surface area contributed by atoms with E-state index in [0.29, 0.717) is 16.9 Å². The largest absolute Gasteiger partial charge is 0.348 e. The van der Waals surface area contributed by atoms with Crippen LogP contribution in [0.5, 0.6) is 0 Å². The first kappa shape index (κ1) is 15.7. The molecule has 0 unspecified atom stereocenters. The summed E-state index contributed by atoms with van der Waals surface area (Å²) in [5.41, 5.74) is 2.14. The number of aromatic nitrogens is 1. The Hall–Kier alpha value is -1.85. The molecule has 0 spiro atoms. The van der Waals surface area contributed by atoms with Gasteiger partial charge in [0.15, 0.2) is 5.11 Å². The lowest BCUT2D eigenvalue weighted by molar-refractivity contribution is 0.180. The Morgan fingerprint density at radius 2 is 2.00 bits per heavy atom. The van der Waals surface area contributed by atoms with E-state index in [9.17, 15) is 4.79 Å². The first-order chi connectivity index (χ1) is 11.6. The summed E-state index contributed by atoms with van der Waals surface area (Å²) >= 11 is 11.6. The summed E-state index contributed by atoms with van der Waals surface area (Å²) < 4.78 is 1.93. The quantitative estimate of drug-likeness (QED) is 0.792. The maximum Gasteiger partial charge on any atom is 0.250 e. The highest BCUT2D eigenvalue weighted by molar-refractivity contribution is 7.80. The van der Waals surface area contributed by atoms with E-state index in [4.69, 9.17) is 23.8 Å². The molecule has 3 heterocycles. The molecule has 24 heavy (non-hydrogen) atoms. The van der Waals surface area contributed by atoms with Crippen LogP contribution in [0.1, 0.15) is 18.0 Å². The molecule has 2 atom stereocenters. The molecule has 0 amide bonds. The van der Waals surface area contributed by atoms with Gasteiger partial charge in [-0.1, -0.05) is 23.7 Å². The van der Waals surface area contributed by atoms with Gasteiger partial charge in [-0.15, -0.1) is 0 Å². The lowest BCUT2D eigenvalue weighted by Gasteiger charge is -2.43. The van der Waals surface area contributed by atoms with E-state index in [-0.39, 0.29) is 5.56 Å². The first-order valence-electron chi connectivity index (χ1n) is 8.11. The molecule has 2 aromatic rings. The van der Waals surface area contributed by atoms with Crippen molar-refractivity contribution in [2.75, 3.05) is 18.4 Å². The molecule has 0 radical (unpaired) electrons. The molecule has 6 heteroatoms. The van der Waals surface area contributed by atoms with Gasteiger partial charge in [0.25, 0.3) is 5.56 Å². The zero-order valence-corrected chi connectivity index (χ0v) is 14.7. The van der Waals surface area contributed by atoms with Crippen LogP contribution in [-0.2, 0) is 6.54 Å². The van der Waals surface area contributed by atoms with Gasteiger partial charge in [-0.05, 0) is 48.8 Å². The van der Waals surface area contributed by atoms with Crippen LogP contribution in [0.2, 0.25) is 5.02 Å². The Balaban J connectivity index is 1.53. The maximum absolute atomic E-state index is 12.1. The molecule has 0 saturated carbocycles. The number of fused-ring (bicyclic) bond motifs is 4. The number of halogens is 1. The molecule has 4 rings (SSSR count). The van der Waals surface area contributed by atoms with Gasteiger partial charge in [0, 0.05) is 48.0 Å². The van der Waals surface area contributed by atoms with Gasteiger partial charge in [-0.2, -0.15) is 0 Å². The fourth-order valence-corrected chi connectivity index (χ4v) is 4.29. The van der Waals surface area contributed by atoms with E-state index in [2.05, 4.69) is 16.3 Å². The summed E-state index contributed by atoms with van der Waals surface area (Å²) in [4.78, 5) is 14.3. The highest BCUT2D eigenvalue weighted by Crippen LogP contribution is 2.35. The van der Waals surface area contributed by atoms with Crippen molar-refractivity contribution in [2.45, 2.75) is 18.9 Å². The lowest BCUT2D eigenvalue weighted by atomic mass is 9.83. The van der Waals surface area contributed by atoms with E-state index in [1.807, 2.05) is 34.9 Å². The number of hydrogen-bond acceptors (Lipinski definition) is 2. The number of nitrogens with one attached hydrogen (secondary N) is 1. The number of thiocarbonyl (C=S) groups is 1. The van der Waals surface area contributed by atoms with Crippen molar-refractivity contribution in [2.24, 2.45) is 5.92 Å². The minimum Gasteiger partial charge on any atom is -0.348 e. The molecule has 124 valence electrons. The van der Waals surface area contributed by atoms with E-state index in [0.717, 1.165) is 42.5 Å². The average molecular weight is 360 g/mol. The number of piperidine rings is 1. The summed E-state index contributed by atoms with van der Waals surface area (Å²) in [6.45, 7) is 2.50. The highest BCUT2D eigenvalue weighted by atomic mass is 35.5. The van der Waals surface area contributed by atoms with Crippen molar-refractivity contribution in [3.63, 3.8) is 0 Å². The first-order valence-corrected chi connectivity index (χ1v) is 8.90. The van der Waals surface area contributed by atoms with Gasteiger partial charge >= 0.3 is 0 Å². The number of hydrogen-bond donors (Lipinski definition) is 1. The number of benzene rings is 1. The second-order valence-electron chi connectivity index (χ2n) is 6.54. The third-order valence-corrected chi connectivity index (χ3v) is 5.44. The normalized spacial score (nSPS) is 22.0. The number of pyridine rings is 1. The highest BCUT2D eigenvalue weighted by Gasteiger charge is 2.35. The van der Waals surface area contributed by atoms with Crippen LogP contribution < -0.4 is 10.9 Å². The van der Waals surface area contributed by atoms with Crippen LogP contribution in [0.3, 0.4) is 0 Å². The molecule has 1 saturated heterocycles. The topological polar surface area (TPSA) is 37.3 Å². The van der Waals surface area contributed by atoms with Gasteiger partial charge in [-0.3, -0.25) is 4.79 Å². The SMILES string of the molecule is O=c1cccc2n1C[C@@H]1C[C@H]2CN(C(=S)Nc2cccc(Cl)c2)C1. The fraction of sp³-hybridized carbons (Fsp3) is 0.333. The van der Waals surface area contributed by atoms with Gasteiger partial charge in [0.05, 0.1) is 0 Å². The Labute approximate surface area is 151 Å². The Morgan fingerprint density at radius 1 is 1.17 bits per heavy atom.